The minimum Gasteiger partial charge on any atom is -0.353 e. The summed E-state index contributed by atoms with van der Waals surface area (Å²) in [7, 11) is 0. The van der Waals surface area contributed by atoms with Crippen LogP contribution in [0.4, 0.5) is 11.4 Å². The molecule has 0 saturated carbocycles. The molecule has 0 bridgehead atoms. The second kappa shape index (κ2) is 6.97. The Balaban J connectivity index is 2.31. The van der Waals surface area contributed by atoms with Crippen molar-refractivity contribution in [2.24, 2.45) is 5.92 Å². The lowest BCUT2D eigenvalue weighted by Gasteiger charge is -2.14. The van der Waals surface area contributed by atoms with Crippen LogP contribution in [0.25, 0.3) is 0 Å². The van der Waals surface area contributed by atoms with Gasteiger partial charge in [0.05, 0.1) is 15.7 Å². The Hall–Kier alpha value is -1.51. The highest BCUT2D eigenvalue weighted by Gasteiger charge is 2.13. The molecule has 0 aromatic heterocycles. The zero-order chi connectivity index (χ0) is 15.4. The third kappa shape index (κ3) is 3.99. The van der Waals surface area contributed by atoms with Crippen LogP contribution in [0.2, 0.25) is 10.0 Å². The second-order valence-electron chi connectivity index (χ2n) is 5.18. The molecule has 0 aliphatic carbocycles. The van der Waals surface area contributed by atoms with E-state index >= 15 is 0 Å². The van der Waals surface area contributed by atoms with E-state index in [9.17, 15) is 4.79 Å². The van der Waals surface area contributed by atoms with E-state index in [-0.39, 0.29) is 11.7 Å². The van der Waals surface area contributed by atoms with Crippen LogP contribution < -0.4 is 5.32 Å². The van der Waals surface area contributed by atoms with Gasteiger partial charge in [-0.25, -0.2) is 0 Å². The van der Waals surface area contributed by atoms with E-state index in [2.05, 4.69) is 5.32 Å². The first-order valence-electron chi connectivity index (χ1n) is 6.80. The Bertz CT molecular complexity index is 633. The molecule has 0 heterocycles. The molecule has 2 aromatic carbocycles. The van der Waals surface area contributed by atoms with E-state index in [4.69, 9.17) is 23.2 Å². The fourth-order valence-corrected chi connectivity index (χ4v) is 2.43. The van der Waals surface area contributed by atoms with Gasteiger partial charge in [0.1, 0.15) is 5.78 Å². The summed E-state index contributed by atoms with van der Waals surface area (Å²) >= 11 is 12.3. The molecule has 0 aliphatic rings. The van der Waals surface area contributed by atoms with E-state index in [0.29, 0.717) is 22.2 Å². The summed E-state index contributed by atoms with van der Waals surface area (Å²) in [6.07, 6.45) is 0.392. The van der Waals surface area contributed by atoms with E-state index in [1.165, 1.54) is 0 Å². The molecule has 0 unspecified atom stereocenters. The summed E-state index contributed by atoms with van der Waals surface area (Å²) in [6, 6.07) is 13.0. The number of rotatable bonds is 5. The van der Waals surface area contributed by atoms with Gasteiger partial charge in [0.2, 0.25) is 0 Å². The zero-order valence-corrected chi connectivity index (χ0v) is 13.5. The van der Waals surface area contributed by atoms with Crippen molar-refractivity contribution in [2.45, 2.75) is 20.3 Å². The van der Waals surface area contributed by atoms with Crippen molar-refractivity contribution in [1.82, 2.24) is 0 Å². The Morgan fingerprint density at radius 2 is 1.67 bits per heavy atom. The Morgan fingerprint density at radius 1 is 1.05 bits per heavy atom. The average Bonchev–Trinajstić information content (AvgIpc) is 2.44. The number of halogens is 2. The van der Waals surface area contributed by atoms with Gasteiger partial charge in [0.15, 0.2) is 0 Å². The van der Waals surface area contributed by atoms with Crippen molar-refractivity contribution in [3.05, 3.63) is 58.1 Å². The van der Waals surface area contributed by atoms with E-state index in [1.807, 2.05) is 38.1 Å². The first-order valence-corrected chi connectivity index (χ1v) is 7.56. The summed E-state index contributed by atoms with van der Waals surface area (Å²) in [5.41, 5.74) is 2.44. The average molecular weight is 322 g/mol. The molecule has 0 aliphatic heterocycles. The summed E-state index contributed by atoms with van der Waals surface area (Å²) in [4.78, 5) is 12.0. The van der Waals surface area contributed by atoms with Crippen LogP contribution in [0.5, 0.6) is 0 Å². The van der Waals surface area contributed by atoms with Crippen molar-refractivity contribution in [3.63, 3.8) is 0 Å². The molecule has 2 nitrogen and oxygen atoms in total. The van der Waals surface area contributed by atoms with Crippen molar-refractivity contribution in [2.75, 3.05) is 5.32 Å². The number of ketones is 1. The Kier molecular flexibility index (Phi) is 5.27. The minimum atomic E-state index is 0.0157. The molecule has 0 fully saturated rings. The molecule has 0 saturated heterocycles. The minimum absolute atomic E-state index is 0.0157. The summed E-state index contributed by atoms with van der Waals surface area (Å²) < 4.78 is 0. The van der Waals surface area contributed by atoms with Gasteiger partial charge in [0, 0.05) is 18.0 Å². The maximum absolute atomic E-state index is 12.0. The van der Waals surface area contributed by atoms with Gasteiger partial charge in [-0.3, -0.25) is 4.79 Å². The van der Waals surface area contributed by atoms with Crippen molar-refractivity contribution in [1.29, 1.82) is 0 Å². The van der Waals surface area contributed by atoms with Crippen LogP contribution in [0, 0.1) is 5.92 Å². The van der Waals surface area contributed by atoms with Gasteiger partial charge in [-0.1, -0.05) is 61.3 Å². The Labute approximate surface area is 135 Å². The largest absolute Gasteiger partial charge is 0.353 e. The molecule has 21 heavy (non-hydrogen) atoms. The highest BCUT2D eigenvalue weighted by molar-refractivity contribution is 6.39. The van der Waals surface area contributed by atoms with Gasteiger partial charge >= 0.3 is 0 Å². The van der Waals surface area contributed by atoms with Crippen LogP contribution >= 0.6 is 23.2 Å². The normalized spacial score (nSPS) is 10.7. The summed E-state index contributed by atoms with van der Waals surface area (Å²) in [6.45, 7) is 3.81. The smallest absolute Gasteiger partial charge is 0.139 e. The summed E-state index contributed by atoms with van der Waals surface area (Å²) in [5.74, 6) is 0.219. The fourth-order valence-electron chi connectivity index (χ4n) is 1.94. The van der Waals surface area contributed by atoms with Crippen LogP contribution in [-0.4, -0.2) is 5.78 Å². The molecule has 4 heteroatoms. The van der Waals surface area contributed by atoms with Crippen molar-refractivity contribution in [3.8, 4) is 0 Å². The predicted octanol–water partition coefficient (Wildman–Crippen LogP) is 5.50. The number of Topliss-reactive ketones (excluding diaryl/α,β-unsaturated/α-hetero) is 1. The van der Waals surface area contributed by atoms with E-state index in [1.54, 1.807) is 18.2 Å². The zero-order valence-electron chi connectivity index (χ0n) is 12.0. The number of anilines is 2. The molecular formula is C17H17Cl2NO. The number of benzene rings is 2. The third-order valence-corrected chi connectivity index (χ3v) is 3.88. The van der Waals surface area contributed by atoms with Gasteiger partial charge in [-0.15, -0.1) is 0 Å². The van der Waals surface area contributed by atoms with Crippen molar-refractivity contribution < 1.29 is 4.79 Å². The lowest BCUT2D eigenvalue weighted by Crippen LogP contribution is -2.11. The molecule has 1 N–H and O–H groups in total. The Morgan fingerprint density at radius 3 is 2.29 bits per heavy atom. The first kappa shape index (κ1) is 15.9. The molecule has 0 atom stereocenters. The van der Waals surface area contributed by atoms with E-state index in [0.717, 1.165) is 11.3 Å². The number of carbonyl (C=O) groups excluding carboxylic acids is 1. The third-order valence-electron chi connectivity index (χ3n) is 3.25. The quantitative estimate of drug-likeness (QED) is 0.787. The lowest BCUT2D eigenvalue weighted by atomic mass is 10.00. The molecule has 2 rings (SSSR count). The van der Waals surface area contributed by atoms with Gasteiger partial charge in [-0.2, -0.15) is 0 Å². The second-order valence-corrected chi connectivity index (χ2v) is 5.99. The first-order chi connectivity index (χ1) is 9.99. The highest BCUT2D eigenvalue weighted by atomic mass is 35.5. The van der Waals surface area contributed by atoms with Gasteiger partial charge in [0.25, 0.3) is 0 Å². The van der Waals surface area contributed by atoms with E-state index < -0.39 is 0 Å². The number of nitrogens with one attached hydrogen (secondary N) is 1. The maximum atomic E-state index is 12.0. The van der Waals surface area contributed by atoms with Crippen LogP contribution in [0.15, 0.2) is 42.5 Å². The molecular weight excluding hydrogens is 305 g/mol. The van der Waals surface area contributed by atoms with Crippen molar-refractivity contribution >= 4 is 40.4 Å². The molecule has 0 spiro atoms. The van der Waals surface area contributed by atoms with Crippen LogP contribution in [0.3, 0.4) is 0 Å². The number of carbonyl (C=O) groups is 1. The molecule has 0 amide bonds. The lowest BCUT2D eigenvalue weighted by molar-refractivity contribution is -0.121. The number of hydrogen-bond donors (Lipinski definition) is 1. The van der Waals surface area contributed by atoms with Gasteiger partial charge in [-0.05, 0) is 23.8 Å². The monoisotopic (exact) mass is 321 g/mol. The predicted molar refractivity (Wildman–Crippen MR) is 89.7 cm³/mol. The molecule has 2 aromatic rings. The highest BCUT2D eigenvalue weighted by Crippen LogP contribution is 2.33. The standard InChI is InChI=1S/C17H17Cl2NO/c1-11(2)16(21)10-12-6-3-4-9-15(12)20-17-13(18)7-5-8-14(17)19/h3-9,11,20H,10H2,1-2H3. The van der Waals surface area contributed by atoms with Crippen LogP contribution in [-0.2, 0) is 11.2 Å². The van der Waals surface area contributed by atoms with Crippen LogP contribution in [0.1, 0.15) is 19.4 Å². The summed E-state index contributed by atoms with van der Waals surface area (Å²) in [5, 5.41) is 4.33. The number of hydrogen-bond acceptors (Lipinski definition) is 2. The molecule has 110 valence electrons. The molecule has 0 radical (unpaired) electrons. The SMILES string of the molecule is CC(C)C(=O)Cc1ccccc1Nc1c(Cl)cccc1Cl. The topological polar surface area (TPSA) is 29.1 Å². The maximum Gasteiger partial charge on any atom is 0.139 e. The van der Waals surface area contributed by atoms with Gasteiger partial charge < -0.3 is 5.32 Å². The fraction of sp³-hybridized carbons (Fsp3) is 0.235. The number of para-hydroxylation sites is 2.